The number of hydrogen-bond acceptors (Lipinski definition) is 6. The van der Waals surface area contributed by atoms with Crippen LogP contribution >= 0.6 is 0 Å². The first kappa shape index (κ1) is 16.1. The van der Waals surface area contributed by atoms with Gasteiger partial charge in [0, 0.05) is 18.2 Å². The zero-order chi connectivity index (χ0) is 17.4. The van der Waals surface area contributed by atoms with E-state index in [0.29, 0.717) is 5.56 Å². The van der Waals surface area contributed by atoms with Gasteiger partial charge in [-0.25, -0.2) is 0 Å². The minimum Gasteiger partial charge on any atom is -0.362 e. The Labute approximate surface area is 133 Å². The molecule has 0 saturated carbocycles. The number of aliphatic hydroxyl groups is 1. The highest BCUT2D eigenvalue weighted by Gasteiger charge is 2.61. The lowest BCUT2D eigenvalue weighted by Crippen LogP contribution is -2.57. The molecule has 0 saturated heterocycles. The molecule has 2 heterocycles. The Balaban J connectivity index is 1.76. The van der Waals surface area contributed by atoms with Gasteiger partial charge in [0.2, 0.25) is 5.82 Å². The maximum atomic E-state index is 12.9. The second kappa shape index (κ2) is 5.67. The minimum atomic E-state index is -5.04. The van der Waals surface area contributed by atoms with Gasteiger partial charge in [-0.05, 0) is 5.21 Å². The largest absolute Gasteiger partial charge is 0.438 e. The molecule has 24 heavy (non-hydrogen) atoms. The number of hydrazone groups is 1. The van der Waals surface area contributed by atoms with Gasteiger partial charge in [0.25, 0.3) is 11.6 Å². The van der Waals surface area contributed by atoms with E-state index in [1.165, 1.54) is 0 Å². The molecule has 1 aliphatic heterocycles. The molecule has 2 aromatic rings. The summed E-state index contributed by atoms with van der Waals surface area (Å²) < 4.78 is 38.8. The highest BCUT2D eigenvalue weighted by atomic mass is 19.4. The van der Waals surface area contributed by atoms with Crippen molar-refractivity contribution in [2.24, 2.45) is 5.10 Å². The Kier molecular flexibility index (Phi) is 3.79. The van der Waals surface area contributed by atoms with Crippen LogP contribution < -0.4 is 0 Å². The Hall–Kier alpha value is -2.82. The monoisotopic (exact) mass is 340 g/mol. The molecule has 1 N–H and O–H groups in total. The molecule has 0 aliphatic carbocycles. The first-order valence-corrected chi connectivity index (χ1v) is 6.79. The molecule has 1 aromatic carbocycles. The Morgan fingerprint density at radius 2 is 2.00 bits per heavy atom. The van der Waals surface area contributed by atoms with Crippen molar-refractivity contribution in [1.29, 1.82) is 0 Å². The van der Waals surface area contributed by atoms with Crippen LogP contribution in [-0.4, -0.2) is 54.3 Å². The Morgan fingerprint density at radius 1 is 1.29 bits per heavy atom. The normalized spacial score (nSPS) is 20.6. The zero-order valence-electron chi connectivity index (χ0n) is 12.1. The maximum Gasteiger partial charge on any atom is 0.438 e. The van der Waals surface area contributed by atoms with Crippen LogP contribution in [0.25, 0.3) is 11.4 Å². The zero-order valence-corrected chi connectivity index (χ0v) is 12.1. The molecule has 1 amide bonds. The van der Waals surface area contributed by atoms with Gasteiger partial charge in [0.15, 0.2) is 0 Å². The molecule has 0 spiro atoms. The molecule has 1 aliphatic rings. The predicted octanol–water partition coefficient (Wildman–Crippen LogP) is 0.809. The molecule has 0 unspecified atom stereocenters. The van der Waals surface area contributed by atoms with Crippen molar-refractivity contribution in [3.63, 3.8) is 0 Å². The summed E-state index contributed by atoms with van der Waals surface area (Å²) in [4.78, 5) is 12.9. The van der Waals surface area contributed by atoms with Crippen LogP contribution in [0.5, 0.6) is 0 Å². The number of tetrazole rings is 1. The average Bonchev–Trinajstić information content (AvgIpc) is 3.15. The van der Waals surface area contributed by atoms with Gasteiger partial charge >= 0.3 is 6.18 Å². The SMILES string of the molecule is O=C(Cn1nnc(-c2ccccc2)n1)N1N=CC[C@@]1(O)C(F)(F)F. The molecule has 0 radical (unpaired) electrons. The van der Waals surface area contributed by atoms with Crippen molar-refractivity contribution >= 4 is 12.1 Å². The summed E-state index contributed by atoms with van der Waals surface area (Å²) in [6.45, 7) is -0.643. The maximum absolute atomic E-state index is 12.9. The molecular weight excluding hydrogens is 329 g/mol. The molecule has 1 aromatic heterocycles. The Morgan fingerprint density at radius 3 is 2.67 bits per heavy atom. The third-order valence-corrected chi connectivity index (χ3v) is 3.38. The highest BCUT2D eigenvalue weighted by molar-refractivity contribution is 5.80. The van der Waals surface area contributed by atoms with E-state index in [2.05, 4.69) is 20.5 Å². The van der Waals surface area contributed by atoms with E-state index in [1.807, 2.05) is 0 Å². The summed E-state index contributed by atoms with van der Waals surface area (Å²) in [6, 6.07) is 8.74. The molecule has 0 fully saturated rings. The fraction of sp³-hybridized carbons (Fsp3) is 0.308. The van der Waals surface area contributed by atoms with E-state index < -0.39 is 30.8 Å². The fourth-order valence-electron chi connectivity index (χ4n) is 2.14. The van der Waals surface area contributed by atoms with Crippen LogP contribution in [0.15, 0.2) is 35.4 Å². The van der Waals surface area contributed by atoms with Crippen LogP contribution in [0, 0.1) is 0 Å². The lowest BCUT2D eigenvalue weighted by Gasteiger charge is -2.32. The number of nitrogens with zero attached hydrogens (tertiary/aromatic N) is 6. The van der Waals surface area contributed by atoms with Crippen molar-refractivity contribution in [2.45, 2.75) is 24.9 Å². The molecule has 1 atom stereocenters. The van der Waals surface area contributed by atoms with Crippen molar-refractivity contribution in [2.75, 3.05) is 0 Å². The van der Waals surface area contributed by atoms with Crippen molar-refractivity contribution in [3.8, 4) is 11.4 Å². The number of carbonyl (C=O) groups excluding carboxylic acids is 1. The van der Waals surface area contributed by atoms with E-state index in [0.717, 1.165) is 11.0 Å². The van der Waals surface area contributed by atoms with Crippen LogP contribution in [-0.2, 0) is 11.3 Å². The second-order valence-corrected chi connectivity index (χ2v) is 5.03. The summed E-state index contributed by atoms with van der Waals surface area (Å²) in [6.07, 6.45) is -5.04. The van der Waals surface area contributed by atoms with Crippen molar-refractivity contribution in [3.05, 3.63) is 30.3 Å². The summed E-state index contributed by atoms with van der Waals surface area (Å²) in [5.74, 6) is -0.889. The molecule has 126 valence electrons. The smallest absolute Gasteiger partial charge is 0.362 e. The quantitative estimate of drug-likeness (QED) is 0.892. The van der Waals surface area contributed by atoms with E-state index in [4.69, 9.17) is 0 Å². The fourth-order valence-corrected chi connectivity index (χ4v) is 2.14. The first-order chi connectivity index (χ1) is 11.3. The number of aromatic nitrogens is 4. The molecule has 11 heteroatoms. The number of carbonyl (C=O) groups is 1. The van der Waals surface area contributed by atoms with Gasteiger partial charge in [0.1, 0.15) is 6.54 Å². The number of amides is 1. The summed E-state index contributed by atoms with van der Waals surface area (Å²) >= 11 is 0. The third-order valence-electron chi connectivity index (χ3n) is 3.38. The van der Waals surface area contributed by atoms with E-state index in [-0.39, 0.29) is 10.8 Å². The number of rotatable bonds is 3. The van der Waals surface area contributed by atoms with Gasteiger partial charge in [-0.3, -0.25) is 4.79 Å². The molecule has 8 nitrogen and oxygen atoms in total. The third kappa shape index (κ3) is 2.73. The predicted molar refractivity (Wildman–Crippen MR) is 74.2 cm³/mol. The lowest BCUT2D eigenvalue weighted by atomic mass is 10.1. The van der Waals surface area contributed by atoms with Crippen molar-refractivity contribution < 1.29 is 23.1 Å². The summed E-state index contributed by atoms with van der Waals surface area (Å²) in [5, 5.41) is 24.3. The first-order valence-electron chi connectivity index (χ1n) is 6.79. The lowest BCUT2D eigenvalue weighted by molar-refractivity contribution is -0.302. The van der Waals surface area contributed by atoms with E-state index >= 15 is 0 Å². The van der Waals surface area contributed by atoms with E-state index in [9.17, 15) is 23.1 Å². The number of halogens is 3. The van der Waals surface area contributed by atoms with Crippen LogP contribution in [0.1, 0.15) is 6.42 Å². The number of alkyl halides is 3. The number of hydrogen-bond donors (Lipinski definition) is 1. The van der Waals surface area contributed by atoms with Crippen molar-refractivity contribution in [1.82, 2.24) is 25.2 Å². The number of benzene rings is 1. The standard InChI is InChI=1S/C13H11F3N6O2/c14-13(15,16)12(24)6-7-17-22(12)10(23)8-21-19-11(18-20-21)9-4-2-1-3-5-9/h1-5,7,24H,6,8H2/t12-/m1/s1. The summed E-state index contributed by atoms with van der Waals surface area (Å²) in [7, 11) is 0. The van der Waals surface area contributed by atoms with Gasteiger partial charge in [-0.1, -0.05) is 30.3 Å². The minimum absolute atomic E-state index is 0.00144. The topological polar surface area (TPSA) is 96.5 Å². The van der Waals surface area contributed by atoms with Crippen LogP contribution in [0.3, 0.4) is 0 Å². The summed E-state index contributed by atoms with van der Waals surface area (Å²) in [5.41, 5.74) is -2.71. The van der Waals surface area contributed by atoms with Gasteiger partial charge in [-0.2, -0.15) is 28.1 Å². The average molecular weight is 340 g/mol. The van der Waals surface area contributed by atoms with Crippen LogP contribution in [0.4, 0.5) is 13.2 Å². The van der Waals surface area contributed by atoms with Crippen LogP contribution in [0.2, 0.25) is 0 Å². The molecule has 3 rings (SSSR count). The van der Waals surface area contributed by atoms with Gasteiger partial charge in [0.05, 0.1) is 0 Å². The van der Waals surface area contributed by atoms with Gasteiger partial charge < -0.3 is 5.11 Å². The highest BCUT2D eigenvalue weighted by Crippen LogP contribution is 2.38. The molecular formula is C13H11F3N6O2. The second-order valence-electron chi connectivity index (χ2n) is 5.03. The molecule has 0 bridgehead atoms. The van der Waals surface area contributed by atoms with Gasteiger partial charge in [-0.15, -0.1) is 10.2 Å². The Bertz CT molecular complexity index is 776. The van der Waals surface area contributed by atoms with E-state index in [1.54, 1.807) is 30.3 Å².